The Balaban J connectivity index is 2.41. The Bertz CT molecular complexity index is 655. The van der Waals surface area contributed by atoms with Gasteiger partial charge in [-0.3, -0.25) is 0 Å². The number of alkyl halides is 3. The van der Waals surface area contributed by atoms with Gasteiger partial charge in [-0.2, -0.15) is 13.2 Å². The third-order valence-electron chi connectivity index (χ3n) is 3.10. The minimum absolute atomic E-state index is 0.0650. The Morgan fingerprint density at radius 1 is 1.05 bits per heavy atom. The third-order valence-corrected chi connectivity index (χ3v) is 4.42. The molecular weight excluding hydrogens is 299 g/mol. The number of nitrogens with one attached hydrogen (secondary N) is 1. The molecular formula is C15H16F3NOS. The van der Waals surface area contributed by atoms with Crippen LogP contribution in [0.3, 0.4) is 0 Å². The molecule has 0 aliphatic rings. The molecule has 6 heteroatoms. The summed E-state index contributed by atoms with van der Waals surface area (Å²) in [6.07, 6.45) is -4.51. The number of fused-ring (bicyclic) bond motifs is 1. The molecule has 2 aromatic rings. The summed E-state index contributed by atoms with van der Waals surface area (Å²) in [7, 11) is -1.75. The molecule has 0 unspecified atom stereocenters. The second-order valence-corrected chi connectivity index (χ2v) is 6.82. The minimum atomic E-state index is -4.51. The predicted octanol–water partition coefficient (Wildman–Crippen LogP) is 4.10. The van der Waals surface area contributed by atoms with Crippen molar-refractivity contribution in [2.45, 2.75) is 31.3 Å². The molecule has 0 aliphatic heterocycles. The molecule has 0 fully saturated rings. The summed E-state index contributed by atoms with van der Waals surface area (Å²) >= 11 is 0. The summed E-state index contributed by atoms with van der Waals surface area (Å²) < 4.78 is 53.6. The molecule has 114 valence electrons. The Kier molecular flexibility index (Phi) is 4.68. The van der Waals surface area contributed by atoms with Crippen LogP contribution in [0, 0.1) is 0 Å². The van der Waals surface area contributed by atoms with Gasteiger partial charge in [-0.05, 0) is 36.2 Å². The van der Waals surface area contributed by atoms with Crippen LogP contribution < -0.4 is 4.72 Å². The molecule has 1 N–H and O–H groups in total. The second-order valence-electron chi connectivity index (χ2n) is 5.05. The van der Waals surface area contributed by atoms with Crippen LogP contribution in [0.1, 0.15) is 25.5 Å². The van der Waals surface area contributed by atoms with Gasteiger partial charge < -0.3 is 0 Å². The van der Waals surface area contributed by atoms with Crippen LogP contribution in [0.2, 0.25) is 0 Å². The summed E-state index contributed by atoms with van der Waals surface area (Å²) in [5.74, 6) is 0. The topological polar surface area (TPSA) is 29.1 Å². The monoisotopic (exact) mass is 315 g/mol. The molecule has 0 heterocycles. The van der Waals surface area contributed by atoms with Crippen LogP contribution >= 0.6 is 0 Å². The lowest BCUT2D eigenvalue weighted by atomic mass is 10.0. The number of halogens is 3. The van der Waals surface area contributed by atoms with Crippen LogP contribution in [0.15, 0.2) is 42.5 Å². The van der Waals surface area contributed by atoms with Crippen LogP contribution in [0.4, 0.5) is 13.2 Å². The predicted molar refractivity (Wildman–Crippen MR) is 79.2 cm³/mol. The van der Waals surface area contributed by atoms with Crippen LogP contribution in [-0.2, 0) is 11.0 Å². The Morgan fingerprint density at radius 2 is 1.67 bits per heavy atom. The van der Waals surface area contributed by atoms with Gasteiger partial charge in [-0.25, -0.2) is 8.93 Å². The number of rotatable bonds is 4. The maximum atomic E-state index is 13.2. The van der Waals surface area contributed by atoms with Gasteiger partial charge in [0, 0.05) is 5.25 Å². The van der Waals surface area contributed by atoms with Crippen molar-refractivity contribution in [3.05, 3.63) is 48.0 Å². The SMILES string of the molecule is CC(C)[S@](=O)N[C@@H](c1ccc2ccccc2c1)C(F)(F)F. The fraction of sp³-hybridized carbons (Fsp3) is 0.333. The van der Waals surface area contributed by atoms with Gasteiger partial charge in [-0.15, -0.1) is 0 Å². The summed E-state index contributed by atoms with van der Waals surface area (Å²) in [5, 5.41) is 1.20. The van der Waals surface area contributed by atoms with Gasteiger partial charge in [-0.1, -0.05) is 36.4 Å². The molecule has 2 atom stereocenters. The van der Waals surface area contributed by atoms with E-state index in [-0.39, 0.29) is 5.56 Å². The molecule has 0 saturated carbocycles. The Labute approximate surface area is 123 Å². The molecule has 2 nitrogen and oxygen atoms in total. The first-order valence-electron chi connectivity index (χ1n) is 6.51. The van der Waals surface area contributed by atoms with E-state index in [1.807, 2.05) is 12.1 Å². The standard InChI is InChI=1S/C15H16F3NOS/c1-10(2)21(20)19-14(15(16,17)18)13-8-7-11-5-3-4-6-12(11)9-13/h3-10,14,19H,1-2H3/t14-,21-/m0/s1. The van der Waals surface area contributed by atoms with Gasteiger partial charge >= 0.3 is 6.18 Å². The van der Waals surface area contributed by atoms with E-state index in [1.165, 1.54) is 12.1 Å². The highest BCUT2D eigenvalue weighted by molar-refractivity contribution is 7.83. The molecule has 21 heavy (non-hydrogen) atoms. The highest BCUT2D eigenvalue weighted by Crippen LogP contribution is 2.34. The maximum Gasteiger partial charge on any atom is 0.408 e. The maximum absolute atomic E-state index is 13.2. The third kappa shape index (κ3) is 3.83. The van der Waals surface area contributed by atoms with Gasteiger partial charge in [0.25, 0.3) is 0 Å². The van der Waals surface area contributed by atoms with E-state index in [2.05, 4.69) is 4.72 Å². The van der Waals surface area contributed by atoms with Crippen molar-refractivity contribution >= 4 is 21.8 Å². The minimum Gasteiger partial charge on any atom is -0.243 e. The number of benzene rings is 2. The quantitative estimate of drug-likeness (QED) is 0.904. The van der Waals surface area contributed by atoms with Gasteiger partial charge in [0.05, 0.1) is 11.0 Å². The largest absolute Gasteiger partial charge is 0.408 e. The molecule has 0 aromatic heterocycles. The molecule has 2 aromatic carbocycles. The lowest BCUT2D eigenvalue weighted by Gasteiger charge is -2.23. The summed E-state index contributed by atoms with van der Waals surface area (Å²) in [6, 6.07) is 9.80. The van der Waals surface area contributed by atoms with E-state index < -0.39 is 28.5 Å². The Hall–Kier alpha value is -1.40. The number of hydrogen-bond acceptors (Lipinski definition) is 1. The van der Waals surface area contributed by atoms with Crippen molar-refractivity contribution in [2.75, 3.05) is 0 Å². The normalized spacial score (nSPS) is 15.3. The van der Waals surface area contributed by atoms with Crippen LogP contribution in [0.25, 0.3) is 10.8 Å². The highest BCUT2D eigenvalue weighted by atomic mass is 32.2. The second kappa shape index (κ2) is 6.15. The van der Waals surface area contributed by atoms with Crippen LogP contribution in [-0.4, -0.2) is 15.6 Å². The molecule has 0 saturated heterocycles. The van der Waals surface area contributed by atoms with Gasteiger partial charge in [0.15, 0.2) is 0 Å². The zero-order valence-electron chi connectivity index (χ0n) is 11.6. The summed E-state index contributed by atoms with van der Waals surface area (Å²) in [6.45, 7) is 3.22. The van der Waals surface area contributed by atoms with Gasteiger partial charge in [0.1, 0.15) is 6.04 Å². The average Bonchev–Trinajstić information content (AvgIpc) is 2.42. The van der Waals surface area contributed by atoms with Crippen molar-refractivity contribution in [1.29, 1.82) is 0 Å². The van der Waals surface area contributed by atoms with Crippen molar-refractivity contribution < 1.29 is 17.4 Å². The summed E-state index contributed by atoms with van der Waals surface area (Å²) in [5.41, 5.74) is 0.0650. The molecule has 0 aliphatic carbocycles. The van der Waals surface area contributed by atoms with Gasteiger partial charge in [0.2, 0.25) is 0 Å². The average molecular weight is 315 g/mol. The zero-order valence-corrected chi connectivity index (χ0v) is 12.5. The lowest BCUT2D eigenvalue weighted by Crippen LogP contribution is -2.37. The van der Waals surface area contributed by atoms with Crippen LogP contribution in [0.5, 0.6) is 0 Å². The van der Waals surface area contributed by atoms with E-state index in [4.69, 9.17) is 0 Å². The highest BCUT2D eigenvalue weighted by Gasteiger charge is 2.42. The first kappa shape index (κ1) is 16.0. The molecule has 2 rings (SSSR count). The van der Waals surface area contributed by atoms with Crippen molar-refractivity contribution in [3.63, 3.8) is 0 Å². The van der Waals surface area contributed by atoms with E-state index in [0.29, 0.717) is 0 Å². The molecule has 0 radical (unpaired) electrons. The number of hydrogen-bond donors (Lipinski definition) is 1. The first-order valence-corrected chi connectivity index (χ1v) is 7.72. The fourth-order valence-electron chi connectivity index (χ4n) is 1.96. The van der Waals surface area contributed by atoms with E-state index >= 15 is 0 Å². The summed E-state index contributed by atoms with van der Waals surface area (Å²) in [4.78, 5) is 0. The first-order chi connectivity index (χ1) is 9.79. The Morgan fingerprint density at radius 3 is 2.24 bits per heavy atom. The van der Waals surface area contributed by atoms with E-state index in [1.54, 1.807) is 32.0 Å². The van der Waals surface area contributed by atoms with E-state index in [9.17, 15) is 17.4 Å². The van der Waals surface area contributed by atoms with E-state index in [0.717, 1.165) is 10.8 Å². The van der Waals surface area contributed by atoms with Crippen molar-refractivity contribution in [2.24, 2.45) is 0 Å². The zero-order chi connectivity index (χ0) is 15.6. The van der Waals surface area contributed by atoms with Crippen molar-refractivity contribution in [3.8, 4) is 0 Å². The fourth-order valence-corrected chi connectivity index (χ4v) is 2.74. The molecule has 0 amide bonds. The lowest BCUT2D eigenvalue weighted by molar-refractivity contribution is -0.152. The molecule has 0 spiro atoms. The molecule has 0 bridgehead atoms. The smallest absolute Gasteiger partial charge is 0.243 e. The van der Waals surface area contributed by atoms with Crippen molar-refractivity contribution in [1.82, 2.24) is 4.72 Å².